The minimum Gasteiger partial charge on any atom is -0.244 e. The van der Waals surface area contributed by atoms with Crippen LogP contribution in [0.4, 0.5) is 5.69 Å². The molecule has 0 bridgehead atoms. The highest BCUT2D eigenvalue weighted by Gasteiger charge is 2.33. The van der Waals surface area contributed by atoms with Crippen LogP contribution in [0.25, 0.3) is 27.6 Å². The quantitative estimate of drug-likeness (QED) is 0.250. The Labute approximate surface area is 169 Å². The molecule has 0 atom stereocenters. The van der Waals surface area contributed by atoms with Crippen LogP contribution in [0, 0.1) is 6.92 Å². The molecule has 4 aromatic rings. The topological polar surface area (TPSA) is 29.3 Å². The lowest BCUT2D eigenvalue weighted by molar-refractivity contribution is -0.692. The molecule has 3 nitrogen and oxygen atoms in total. The van der Waals surface area contributed by atoms with Gasteiger partial charge < -0.3 is 0 Å². The molecule has 0 N–H and O–H groups in total. The van der Waals surface area contributed by atoms with Crippen molar-refractivity contribution in [1.82, 2.24) is 0 Å². The van der Waals surface area contributed by atoms with Crippen molar-refractivity contribution in [1.29, 1.82) is 0 Å². The molecule has 0 amide bonds. The van der Waals surface area contributed by atoms with Gasteiger partial charge in [0.2, 0.25) is 5.71 Å². The standard InChI is InChI=1S/C26H20NO2/c1-18-7-6-10-21(15-18)27-22(17-26(28)29-27)13-14-25-23-11-4-2-8-19(23)16-20-9-3-5-12-24(20)25/h2-16H,17H2,1H3/q+1/b14-13+. The molecule has 0 saturated carbocycles. The summed E-state index contributed by atoms with van der Waals surface area (Å²) in [6.45, 7) is 2.03. The van der Waals surface area contributed by atoms with Crippen LogP contribution in [0.5, 0.6) is 0 Å². The fourth-order valence-corrected chi connectivity index (χ4v) is 3.92. The van der Waals surface area contributed by atoms with E-state index in [4.69, 9.17) is 4.84 Å². The second-order valence-corrected chi connectivity index (χ2v) is 7.33. The lowest BCUT2D eigenvalue weighted by Crippen LogP contribution is -2.06. The molecule has 1 heterocycles. The van der Waals surface area contributed by atoms with Gasteiger partial charge in [-0.3, -0.25) is 0 Å². The van der Waals surface area contributed by atoms with E-state index in [1.54, 1.807) is 4.74 Å². The summed E-state index contributed by atoms with van der Waals surface area (Å²) in [6.07, 6.45) is 4.36. The van der Waals surface area contributed by atoms with Crippen molar-refractivity contribution < 1.29 is 14.4 Å². The van der Waals surface area contributed by atoms with Gasteiger partial charge >= 0.3 is 5.97 Å². The molecular formula is C26H20NO2+. The second kappa shape index (κ2) is 7.02. The molecule has 0 spiro atoms. The number of fused-ring (bicyclic) bond motifs is 2. The fourth-order valence-electron chi connectivity index (χ4n) is 3.92. The van der Waals surface area contributed by atoms with Gasteiger partial charge in [0.05, 0.1) is 0 Å². The van der Waals surface area contributed by atoms with E-state index in [1.165, 1.54) is 21.5 Å². The summed E-state index contributed by atoms with van der Waals surface area (Å²) in [7, 11) is 0. The average molecular weight is 378 g/mol. The number of carbonyl (C=O) groups is 1. The molecule has 5 rings (SSSR count). The molecule has 3 heteroatoms. The minimum atomic E-state index is -0.242. The van der Waals surface area contributed by atoms with E-state index in [-0.39, 0.29) is 12.4 Å². The van der Waals surface area contributed by atoms with Gasteiger partial charge in [0.25, 0.3) is 5.69 Å². The van der Waals surface area contributed by atoms with Crippen LogP contribution in [0.15, 0.2) is 84.9 Å². The van der Waals surface area contributed by atoms with Gasteiger partial charge in [-0.2, -0.15) is 4.84 Å². The number of benzene rings is 4. The first-order chi connectivity index (χ1) is 14.2. The van der Waals surface area contributed by atoms with Crippen molar-refractivity contribution in [2.75, 3.05) is 0 Å². The van der Waals surface area contributed by atoms with Gasteiger partial charge in [-0.05, 0) is 51.7 Å². The normalized spacial score (nSPS) is 14.3. The lowest BCUT2D eigenvalue weighted by Gasteiger charge is -2.08. The molecule has 1 aliphatic rings. The third kappa shape index (κ3) is 3.21. The number of nitrogens with zero attached hydrogens (tertiary/aromatic N) is 1. The highest BCUT2D eigenvalue weighted by atomic mass is 16.7. The highest BCUT2D eigenvalue weighted by molar-refractivity contribution is 6.11. The van der Waals surface area contributed by atoms with E-state index in [0.29, 0.717) is 0 Å². The molecule has 0 saturated heterocycles. The summed E-state index contributed by atoms with van der Waals surface area (Å²) in [4.78, 5) is 17.5. The first-order valence-electron chi connectivity index (χ1n) is 9.71. The smallest absolute Gasteiger partial charge is 0.244 e. The predicted octanol–water partition coefficient (Wildman–Crippen LogP) is 5.96. The highest BCUT2D eigenvalue weighted by Crippen LogP contribution is 2.30. The van der Waals surface area contributed by atoms with E-state index in [2.05, 4.69) is 60.7 Å². The number of carbonyl (C=O) groups excluding carboxylic acids is 1. The van der Waals surface area contributed by atoms with E-state index in [1.807, 2.05) is 37.3 Å². The molecule has 0 unspecified atom stereocenters. The van der Waals surface area contributed by atoms with Gasteiger partial charge in [0.15, 0.2) is 0 Å². The van der Waals surface area contributed by atoms with Crippen LogP contribution in [0.1, 0.15) is 17.5 Å². The van der Waals surface area contributed by atoms with E-state index >= 15 is 0 Å². The maximum atomic E-state index is 12.0. The summed E-state index contributed by atoms with van der Waals surface area (Å²) in [5, 5.41) is 4.78. The zero-order chi connectivity index (χ0) is 19.8. The van der Waals surface area contributed by atoms with Crippen molar-refractivity contribution in [3.05, 3.63) is 96.1 Å². The Kier molecular flexibility index (Phi) is 4.21. The zero-order valence-corrected chi connectivity index (χ0v) is 16.1. The van der Waals surface area contributed by atoms with E-state index in [0.717, 1.165) is 22.5 Å². The Balaban J connectivity index is 1.68. The lowest BCUT2D eigenvalue weighted by atomic mass is 9.96. The van der Waals surface area contributed by atoms with Crippen LogP contribution in [-0.2, 0) is 9.63 Å². The molecule has 0 aliphatic carbocycles. The number of aryl methyl sites for hydroxylation is 1. The number of allylic oxidation sites excluding steroid dienone is 1. The van der Waals surface area contributed by atoms with Gasteiger partial charge in [0, 0.05) is 22.9 Å². The Morgan fingerprint density at radius 3 is 2.21 bits per heavy atom. The Bertz CT molecular complexity index is 1280. The number of rotatable bonds is 3. The third-order valence-corrected chi connectivity index (χ3v) is 5.27. The zero-order valence-electron chi connectivity index (χ0n) is 16.1. The largest absolute Gasteiger partial charge is 0.391 e. The van der Waals surface area contributed by atoms with Gasteiger partial charge in [-0.25, -0.2) is 4.79 Å². The molecule has 0 radical (unpaired) electrons. The van der Waals surface area contributed by atoms with Crippen LogP contribution < -0.4 is 0 Å². The van der Waals surface area contributed by atoms with Gasteiger partial charge in [-0.1, -0.05) is 60.7 Å². The molecule has 0 fully saturated rings. The van der Waals surface area contributed by atoms with Crippen molar-refractivity contribution in [3.8, 4) is 0 Å². The average Bonchev–Trinajstić information content (AvgIpc) is 3.11. The summed E-state index contributed by atoms with van der Waals surface area (Å²) in [5.74, 6) is -0.242. The number of hydrogen-bond donors (Lipinski definition) is 0. The molecule has 29 heavy (non-hydrogen) atoms. The monoisotopic (exact) mass is 378 g/mol. The Morgan fingerprint density at radius 2 is 1.52 bits per heavy atom. The Hall–Kier alpha value is -3.72. The minimum absolute atomic E-state index is 0.242. The van der Waals surface area contributed by atoms with Crippen molar-refractivity contribution in [2.24, 2.45) is 0 Å². The van der Waals surface area contributed by atoms with E-state index in [9.17, 15) is 4.79 Å². The number of hydrogen-bond acceptors (Lipinski definition) is 2. The summed E-state index contributed by atoms with van der Waals surface area (Å²) < 4.78 is 1.64. The molecule has 0 aromatic heterocycles. The van der Waals surface area contributed by atoms with Crippen LogP contribution in [-0.4, -0.2) is 16.4 Å². The van der Waals surface area contributed by atoms with Crippen molar-refractivity contribution in [2.45, 2.75) is 13.3 Å². The summed E-state index contributed by atoms with van der Waals surface area (Å²) in [6, 6.07) is 27.0. The van der Waals surface area contributed by atoms with Crippen LogP contribution >= 0.6 is 0 Å². The molecular weight excluding hydrogens is 358 g/mol. The first-order valence-corrected chi connectivity index (χ1v) is 9.71. The van der Waals surface area contributed by atoms with E-state index < -0.39 is 0 Å². The maximum absolute atomic E-state index is 12.0. The maximum Gasteiger partial charge on any atom is 0.391 e. The second-order valence-electron chi connectivity index (χ2n) is 7.33. The molecule has 140 valence electrons. The predicted molar refractivity (Wildman–Crippen MR) is 117 cm³/mol. The SMILES string of the molecule is Cc1cccc([N+]2=C(/C=C/c3c4ccccc4cc4ccccc34)CC(=O)O2)c1. The van der Waals surface area contributed by atoms with Crippen LogP contribution in [0.2, 0.25) is 0 Å². The van der Waals surface area contributed by atoms with Gasteiger partial charge in [-0.15, -0.1) is 0 Å². The summed E-state index contributed by atoms with van der Waals surface area (Å²) in [5.41, 5.74) is 3.96. The van der Waals surface area contributed by atoms with Crippen molar-refractivity contribution in [3.63, 3.8) is 0 Å². The van der Waals surface area contributed by atoms with Gasteiger partial charge in [0.1, 0.15) is 6.42 Å². The fraction of sp³-hybridized carbons (Fsp3) is 0.0769. The molecule has 4 aromatic carbocycles. The van der Waals surface area contributed by atoms with Crippen LogP contribution in [0.3, 0.4) is 0 Å². The third-order valence-electron chi connectivity index (χ3n) is 5.27. The Morgan fingerprint density at radius 1 is 0.828 bits per heavy atom. The summed E-state index contributed by atoms with van der Waals surface area (Å²) >= 11 is 0. The van der Waals surface area contributed by atoms with Crippen molar-refractivity contribution >= 4 is 45.0 Å². The first kappa shape index (κ1) is 17.4. The molecule has 1 aliphatic heterocycles.